The van der Waals surface area contributed by atoms with Gasteiger partial charge in [-0.3, -0.25) is 0 Å². The molecule has 0 amide bonds. The van der Waals surface area contributed by atoms with Crippen LogP contribution in [0.1, 0.15) is 39.0 Å². The Balaban J connectivity index is 0.000000668. The maximum Gasteiger partial charge on any atom is 0.172 e. The molecule has 4 rings (SSSR count). The molecule has 2 saturated heterocycles. The predicted molar refractivity (Wildman–Crippen MR) is 139 cm³/mol. The summed E-state index contributed by atoms with van der Waals surface area (Å²) < 4.78 is 0. The van der Waals surface area contributed by atoms with Crippen molar-refractivity contribution in [2.75, 3.05) is 45.6 Å². The van der Waals surface area contributed by atoms with E-state index in [1.807, 2.05) is 20.2 Å². The van der Waals surface area contributed by atoms with Crippen molar-refractivity contribution in [3.63, 3.8) is 0 Å². The number of allylic oxidation sites excluding steroid dienone is 1. The summed E-state index contributed by atoms with van der Waals surface area (Å²) in [4.78, 5) is 13.3. The van der Waals surface area contributed by atoms with E-state index < -0.39 is 0 Å². The van der Waals surface area contributed by atoms with E-state index in [-0.39, 0.29) is 6.17 Å². The summed E-state index contributed by atoms with van der Waals surface area (Å²) in [6.45, 7) is 10.3. The fourth-order valence-electron chi connectivity index (χ4n) is 4.24. The Morgan fingerprint density at radius 1 is 1.16 bits per heavy atom. The third kappa shape index (κ3) is 6.53. The molecule has 0 radical (unpaired) electrons. The molecule has 1 unspecified atom stereocenters. The quantitative estimate of drug-likeness (QED) is 0.641. The third-order valence-electron chi connectivity index (χ3n) is 6.37. The van der Waals surface area contributed by atoms with Crippen molar-refractivity contribution in [3.8, 4) is 0 Å². The van der Waals surface area contributed by atoms with Crippen LogP contribution in [0.3, 0.4) is 0 Å². The number of amidine groups is 1. The first-order valence-corrected chi connectivity index (χ1v) is 12.7. The zero-order chi connectivity index (χ0) is 22.9. The Kier molecular flexibility index (Phi) is 9.51. The summed E-state index contributed by atoms with van der Waals surface area (Å²) >= 11 is 1.68. The molecule has 6 nitrogen and oxygen atoms in total. The molecule has 0 spiro atoms. The van der Waals surface area contributed by atoms with Crippen LogP contribution in [0.25, 0.3) is 0 Å². The number of nitrogens with zero attached hydrogens (tertiary/aromatic N) is 4. The largest absolute Gasteiger partial charge is 0.388 e. The molecule has 0 aliphatic carbocycles. The number of hydrogen-bond acceptors (Lipinski definition) is 7. The van der Waals surface area contributed by atoms with Gasteiger partial charge in [0.25, 0.3) is 0 Å². The van der Waals surface area contributed by atoms with Gasteiger partial charge in [-0.2, -0.15) is 0 Å². The van der Waals surface area contributed by atoms with E-state index >= 15 is 0 Å². The number of benzene rings is 1. The normalized spacial score (nSPS) is 22.1. The minimum atomic E-state index is -0.136. The molecule has 1 atom stereocenters. The molecule has 2 fully saturated rings. The van der Waals surface area contributed by atoms with Crippen molar-refractivity contribution < 1.29 is 0 Å². The molecule has 7 heteroatoms. The number of hydrogen-bond donors (Lipinski definition) is 2. The van der Waals surface area contributed by atoms with Crippen LogP contribution in [0, 0.1) is 0 Å². The van der Waals surface area contributed by atoms with Gasteiger partial charge in [0.1, 0.15) is 12.0 Å². The van der Waals surface area contributed by atoms with Crippen molar-refractivity contribution >= 4 is 22.6 Å². The van der Waals surface area contributed by atoms with Gasteiger partial charge >= 0.3 is 0 Å². The van der Waals surface area contributed by atoms with Crippen molar-refractivity contribution in [1.29, 1.82) is 0 Å². The van der Waals surface area contributed by atoms with E-state index in [9.17, 15) is 0 Å². The first kappa shape index (κ1) is 24.7. The Hall–Kier alpha value is -1.96. The number of likely N-dealkylation sites (N-methyl/N-ethyl adjacent to an activating group) is 1. The van der Waals surface area contributed by atoms with Gasteiger partial charge in [0.2, 0.25) is 0 Å². The number of thioether (sulfide) groups is 1. The van der Waals surface area contributed by atoms with Gasteiger partial charge in [-0.1, -0.05) is 24.8 Å². The van der Waals surface area contributed by atoms with E-state index in [1.165, 1.54) is 43.7 Å². The zero-order valence-electron chi connectivity index (χ0n) is 20.0. The monoisotopic (exact) mass is 456 g/mol. The number of likely N-dealkylation sites (tertiary alicyclic amines) is 2. The minimum Gasteiger partial charge on any atom is -0.388 e. The summed E-state index contributed by atoms with van der Waals surface area (Å²) in [5.74, 6) is 1.04. The fourth-order valence-corrected chi connectivity index (χ4v) is 5.13. The van der Waals surface area contributed by atoms with Crippen LogP contribution in [0.5, 0.6) is 0 Å². The van der Waals surface area contributed by atoms with Gasteiger partial charge < -0.3 is 25.8 Å². The molecule has 3 N–H and O–H groups in total. The second-order valence-electron chi connectivity index (χ2n) is 8.56. The molecule has 0 saturated carbocycles. The summed E-state index contributed by atoms with van der Waals surface area (Å²) in [5.41, 5.74) is 7.51. The van der Waals surface area contributed by atoms with Crippen LogP contribution < -0.4 is 11.1 Å². The number of aliphatic imine (C=N–C) groups is 1. The first-order valence-electron chi connectivity index (χ1n) is 11.9. The highest BCUT2D eigenvalue weighted by molar-refractivity contribution is 8.13. The number of nitrogens with two attached hydrogens (primary N) is 1. The lowest BCUT2D eigenvalue weighted by Gasteiger charge is -2.39. The lowest BCUT2D eigenvalue weighted by atomic mass is 10.0. The smallest absolute Gasteiger partial charge is 0.172 e. The van der Waals surface area contributed by atoms with Gasteiger partial charge in [-0.05, 0) is 75.5 Å². The molecular formula is C25H40N6S. The summed E-state index contributed by atoms with van der Waals surface area (Å²) in [5, 5.41) is 4.12. The summed E-state index contributed by atoms with van der Waals surface area (Å²) in [6, 6.07) is 9.18. The fraction of sp³-hybridized carbons (Fsp3) is 0.560. The van der Waals surface area contributed by atoms with Gasteiger partial charge in [-0.15, -0.1) is 6.58 Å². The standard InChI is InChI=1S/C21H32N6S.C4H8/c1-23-16-5-7-18(8-6-16)28-21-24-20(15-19(22)25(21)2)27-13-9-17(10-14-27)26-11-3-4-12-26;1-3-4-2/h5-8,15,17,19,23H,3-4,9-14,22H2,1-2H3;3H,1,4H2,2H3. The number of piperidine rings is 1. The minimum absolute atomic E-state index is 0.136. The molecule has 3 aliphatic rings. The molecule has 0 aromatic heterocycles. The van der Waals surface area contributed by atoms with Crippen LogP contribution in [0.2, 0.25) is 0 Å². The second-order valence-corrected chi connectivity index (χ2v) is 9.60. The Morgan fingerprint density at radius 3 is 2.34 bits per heavy atom. The van der Waals surface area contributed by atoms with E-state index in [2.05, 4.69) is 63.9 Å². The highest BCUT2D eigenvalue weighted by Gasteiger charge is 2.29. The summed E-state index contributed by atoms with van der Waals surface area (Å²) in [7, 11) is 3.95. The molecule has 176 valence electrons. The Morgan fingerprint density at radius 2 is 1.78 bits per heavy atom. The lowest BCUT2D eigenvalue weighted by Crippen LogP contribution is -2.47. The average molecular weight is 457 g/mol. The van der Waals surface area contributed by atoms with Gasteiger partial charge in [0.15, 0.2) is 5.17 Å². The van der Waals surface area contributed by atoms with Crippen LogP contribution in [-0.2, 0) is 0 Å². The van der Waals surface area contributed by atoms with E-state index in [4.69, 9.17) is 10.7 Å². The van der Waals surface area contributed by atoms with Crippen LogP contribution >= 0.6 is 11.8 Å². The van der Waals surface area contributed by atoms with Gasteiger partial charge in [-0.25, -0.2) is 4.99 Å². The molecule has 3 aliphatic heterocycles. The molecule has 1 aromatic rings. The Bertz CT molecular complexity index is 776. The van der Waals surface area contributed by atoms with Crippen molar-refractivity contribution in [1.82, 2.24) is 14.7 Å². The molecule has 3 heterocycles. The summed E-state index contributed by atoms with van der Waals surface area (Å²) in [6.07, 6.45) is 10.1. The van der Waals surface area contributed by atoms with Crippen molar-refractivity contribution in [2.24, 2.45) is 10.7 Å². The third-order valence-corrected chi connectivity index (χ3v) is 7.44. The van der Waals surface area contributed by atoms with E-state index in [0.717, 1.165) is 42.2 Å². The molecular weight excluding hydrogens is 416 g/mol. The average Bonchev–Trinajstić information content (AvgIpc) is 3.38. The topological polar surface area (TPSA) is 60.1 Å². The van der Waals surface area contributed by atoms with Crippen molar-refractivity contribution in [3.05, 3.63) is 48.8 Å². The van der Waals surface area contributed by atoms with E-state index in [0.29, 0.717) is 0 Å². The first-order chi connectivity index (χ1) is 15.5. The molecule has 1 aromatic carbocycles. The maximum absolute atomic E-state index is 6.40. The van der Waals surface area contributed by atoms with Gasteiger partial charge in [0, 0.05) is 43.8 Å². The molecule has 0 bridgehead atoms. The van der Waals surface area contributed by atoms with Crippen LogP contribution in [0.4, 0.5) is 5.69 Å². The van der Waals surface area contributed by atoms with Crippen LogP contribution in [0.15, 0.2) is 58.7 Å². The SMILES string of the molecule is C=CCC.CNc1ccc(SC2=NC(N3CCC(N4CCCC4)CC3)=CC(N)N2C)cc1. The van der Waals surface area contributed by atoms with Crippen LogP contribution in [-0.4, -0.2) is 72.3 Å². The van der Waals surface area contributed by atoms with Gasteiger partial charge in [0.05, 0.1) is 0 Å². The highest BCUT2D eigenvalue weighted by atomic mass is 32.2. The number of nitrogens with one attached hydrogen (secondary N) is 1. The Labute approximate surface area is 198 Å². The second kappa shape index (κ2) is 12.3. The predicted octanol–water partition coefficient (Wildman–Crippen LogP) is 4.39. The van der Waals surface area contributed by atoms with Crippen molar-refractivity contribution in [2.45, 2.75) is 56.1 Å². The van der Waals surface area contributed by atoms with E-state index in [1.54, 1.807) is 11.8 Å². The highest BCUT2D eigenvalue weighted by Crippen LogP contribution is 2.29. The lowest BCUT2D eigenvalue weighted by molar-refractivity contribution is 0.145. The number of rotatable bonds is 5. The zero-order valence-corrected chi connectivity index (χ0v) is 20.8. The molecule has 32 heavy (non-hydrogen) atoms. The maximum atomic E-state index is 6.40. The number of anilines is 1.